The number of anilines is 1. The van der Waals surface area contributed by atoms with Gasteiger partial charge in [0.25, 0.3) is 0 Å². The smallest absolute Gasteiger partial charge is 0.0640 e. The molecular weight excluding hydrogens is 384 g/mol. The molecule has 1 heterocycles. The van der Waals surface area contributed by atoms with Gasteiger partial charge in [0.15, 0.2) is 0 Å². The largest absolute Gasteiger partial charge is 0.380 e. The van der Waals surface area contributed by atoms with E-state index in [0.29, 0.717) is 0 Å². The molecule has 1 fully saturated rings. The van der Waals surface area contributed by atoms with E-state index in [2.05, 4.69) is 41.0 Å². The van der Waals surface area contributed by atoms with E-state index in [1.807, 2.05) is 17.8 Å². The number of benzene rings is 2. The summed E-state index contributed by atoms with van der Waals surface area (Å²) in [6, 6.07) is 13.3. The maximum Gasteiger partial charge on any atom is 0.0640 e. The zero-order chi connectivity index (χ0) is 19.2. The lowest BCUT2D eigenvalue weighted by atomic mass is 9.91. The predicted molar refractivity (Wildman–Crippen MR) is 123 cm³/mol. The predicted octanol–water partition coefficient (Wildman–Crippen LogP) is 6.31. The van der Waals surface area contributed by atoms with Gasteiger partial charge in [-0.05, 0) is 79.6 Å². The molecule has 0 radical (unpaired) electrons. The van der Waals surface area contributed by atoms with Crippen LogP contribution in [0.4, 0.5) is 5.69 Å². The number of hydrogen-bond acceptors (Lipinski definition) is 3. The molecule has 2 aromatic carbocycles. The van der Waals surface area contributed by atoms with Crippen molar-refractivity contribution in [3.63, 3.8) is 0 Å². The SMILES string of the molecule is Clc1ccc2c(c1NCc1ccc(SCC3CCCCC3)cc1)CCNCC2. The van der Waals surface area contributed by atoms with Crippen molar-refractivity contribution in [1.82, 2.24) is 5.32 Å². The third kappa shape index (κ3) is 5.25. The lowest BCUT2D eigenvalue weighted by Crippen LogP contribution is -2.16. The van der Waals surface area contributed by atoms with Gasteiger partial charge in [0.05, 0.1) is 10.7 Å². The van der Waals surface area contributed by atoms with Gasteiger partial charge in [0.1, 0.15) is 0 Å². The van der Waals surface area contributed by atoms with Gasteiger partial charge in [0.2, 0.25) is 0 Å². The highest BCUT2D eigenvalue weighted by Gasteiger charge is 2.15. The highest BCUT2D eigenvalue weighted by Crippen LogP contribution is 2.32. The summed E-state index contributed by atoms with van der Waals surface area (Å²) in [5.41, 5.74) is 5.24. The van der Waals surface area contributed by atoms with Crippen molar-refractivity contribution < 1.29 is 0 Å². The van der Waals surface area contributed by atoms with Crippen molar-refractivity contribution >= 4 is 29.1 Å². The lowest BCUT2D eigenvalue weighted by Gasteiger charge is -2.21. The van der Waals surface area contributed by atoms with Crippen molar-refractivity contribution in [3.8, 4) is 0 Å². The van der Waals surface area contributed by atoms with Gasteiger partial charge in [-0.2, -0.15) is 0 Å². The minimum absolute atomic E-state index is 0.817. The summed E-state index contributed by atoms with van der Waals surface area (Å²) < 4.78 is 0. The first kappa shape index (κ1) is 20.1. The molecule has 2 aromatic rings. The molecule has 1 aliphatic heterocycles. The molecule has 4 rings (SSSR count). The van der Waals surface area contributed by atoms with Crippen LogP contribution in [0.5, 0.6) is 0 Å². The van der Waals surface area contributed by atoms with Crippen LogP contribution in [-0.4, -0.2) is 18.8 Å². The van der Waals surface area contributed by atoms with E-state index in [9.17, 15) is 0 Å². The van der Waals surface area contributed by atoms with Gasteiger partial charge >= 0.3 is 0 Å². The van der Waals surface area contributed by atoms with E-state index in [4.69, 9.17) is 11.6 Å². The Hall–Kier alpha value is -1.16. The Balaban J connectivity index is 1.35. The zero-order valence-corrected chi connectivity index (χ0v) is 18.2. The number of fused-ring (bicyclic) bond motifs is 1. The fourth-order valence-electron chi connectivity index (χ4n) is 4.40. The van der Waals surface area contributed by atoms with Crippen LogP contribution < -0.4 is 10.6 Å². The van der Waals surface area contributed by atoms with Crippen LogP contribution in [0.3, 0.4) is 0 Å². The first-order valence-electron chi connectivity index (χ1n) is 10.8. The second kappa shape index (κ2) is 10.0. The molecule has 4 heteroatoms. The lowest BCUT2D eigenvalue weighted by molar-refractivity contribution is 0.391. The molecule has 150 valence electrons. The normalized spacial score (nSPS) is 17.8. The number of rotatable bonds is 6. The average Bonchev–Trinajstić information content (AvgIpc) is 2.99. The number of thioether (sulfide) groups is 1. The molecule has 0 amide bonds. The van der Waals surface area contributed by atoms with Crippen molar-refractivity contribution in [2.24, 2.45) is 5.92 Å². The van der Waals surface area contributed by atoms with Crippen LogP contribution in [0.25, 0.3) is 0 Å². The maximum absolute atomic E-state index is 6.53. The molecular formula is C24H31ClN2S. The van der Waals surface area contributed by atoms with E-state index in [0.717, 1.165) is 49.1 Å². The van der Waals surface area contributed by atoms with E-state index in [1.165, 1.54) is 59.4 Å². The zero-order valence-electron chi connectivity index (χ0n) is 16.6. The van der Waals surface area contributed by atoms with Crippen LogP contribution in [0.1, 0.15) is 48.8 Å². The van der Waals surface area contributed by atoms with E-state index in [1.54, 1.807) is 0 Å². The molecule has 1 aliphatic carbocycles. The third-order valence-electron chi connectivity index (χ3n) is 6.09. The molecule has 2 aliphatic rings. The van der Waals surface area contributed by atoms with Gasteiger partial charge in [-0.3, -0.25) is 0 Å². The van der Waals surface area contributed by atoms with Crippen molar-refractivity contribution in [2.45, 2.75) is 56.4 Å². The molecule has 0 unspecified atom stereocenters. The van der Waals surface area contributed by atoms with Gasteiger partial charge in [0, 0.05) is 17.2 Å². The van der Waals surface area contributed by atoms with E-state index >= 15 is 0 Å². The van der Waals surface area contributed by atoms with Gasteiger partial charge in [-0.25, -0.2) is 0 Å². The molecule has 2 nitrogen and oxygen atoms in total. The van der Waals surface area contributed by atoms with Crippen molar-refractivity contribution in [3.05, 3.63) is 58.1 Å². The summed E-state index contributed by atoms with van der Waals surface area (Å²) in [4.78, 5) is 1.40. The Labute approximate surface area is 178 Å². The highest BCUT2D eigenvalue weighted by atomic mass is 35.5. The number of hydrogen-bond donors (Lipinski definition) is 2. The molecule has 1 saturated carbocycles. The summed E-state index contributed by atoms with van der Waals surface area (Å²) in [7, 11) is 0. The van der Waals surface area contributed by atoms with Crippen molar-refractivity contribution in [1.29, 1.82) is 0 Å². The second-order valence-corrected chi connectivity index (χ2v) is 9.62. The minimum Gasteiger partial charge on any atom is -0.380 e. The van der Waals surface area contributed by atoms with Crippen molar-refractivity contribution in [2.75, 3.05) is 24.2 Å². The summed E-state index contributed by atoms with van der Waals surface area (Å²) in [6.07, 6.45) is 9.26. The van der Waals surface area contributed by atoms with E-state index in [-0.39, 0.29) is 0 Å². The van der Waals surface area contributed by atoms with Gasteiger partial charge < -0.3 is 10.6 Å². The van der Waals surface area contributed by atoms with Gasteiger partial charge in [-0.1, -0.05) is 49.1 Å². The molecule has 0 bridgehead atoms. The summed E-state index contributed by atoms with van der Waals surface area (Å²) in [5.74, 6) is 2.20. The summed E-state index contributed by atoms with van der Waals surface area (Å²) >= 11 is 8.56. The first-order valence-corrected chi connectivity index (χ1v) is 12.1. The standard InChI is InChI=1S/C24H31ClN2S/c25-23-11-8-20-12-14-26-15-13-22(20)24(23)27-16-18-6-9-21(10-7-18)28-17-19-4-2-1-3-5-19/h6-11,19,26-27H,1-5,12-17H2. The van der Waals surface area contributed by atoms with Crippen LogP contribution in [-0.2, 0) is 19.4 Å². The molecule has 0 atom stereocenters. The average molecular weight is 415 g/mol. The third-order valence-corrected chi connectivity index (χ3v) is 7.64. The highest BCUT2D eigenvalue weighted by molar-refractivity contribution is 7.99. The molecule has 0 saturated heterocycles. The second-order valence-electron chi connectivity index (χ2n) is 8.12. The monoisotopic (exact) mass is 414 g/mol. The Morgan fingerprint density at radius 2 is 1.75 bits per heavy atom. The Morgan fingerprint density at radius 3 is 2.57 bits per heavy atom. The maximum atomic E-state index is 6.53. The molecule has 0 spiro atoms. The topological polar surface area (TPSA) is 24.1 Å². The Bertz CT molecular complexity index is 769. The van der Waals surface area contributed by atoms with Crippen LogP contribution in [0.15, 0.2) is 41.3 Å². The quantitative estimate of drug-likeness (QED) is 0.541. The fourth-order valence-corrected chi connectivity index (χ4v) is 5.73. The van der Waals surface area contributed by atoms with Gasteiger partial charge in [-0.15, -0.1) is 11.8 Å². The molecule has 2 N–H and O–H groups in total. The minimum atomic E-state index is 0.817. The first-order chi connectivity index (χ1) is 13.8. The van der Waals surface area contributed by atoms with Crippen LogP contribution >= 0.6 is 23.4 Å². The summed E-state index contributed by atoms with van der Waals surface area (Å²) in [5, 5.41) is 7.94. The molecule has 0 aromatic heterocycles. The Kier molecular flexibility index (Phi) is 7.22. The Morgan fingerprint density at radius 1 is 0.964 bits per heavy atom. The number of halogens is 1. The van der Waals surface area contributed by atoms with E-state index < -0.39 is 0 Å². The number of nitrogens with one attached hydrogen (secondary N) is 2. The van der Waals surface area contributed by atoms with Crippen LogP contribution in [0.2, 0.25) is 5.02 Å². The molecule has 28 heavy (non-hydrogen) atoms. The fraction of sp³-hybridized carbons (Fsp3) is 0.500. The van der Waals surface area contributed by atoms with Crippen LogP contribution in [0, 0.1) is 5.92 Å². The summed E-state index contributed by atoms with van der Waals surface area (Å²) in [6.45, 7) is 2.89.